The summed E-state index contributed by atoms with van der Waals surface area (Å²) in [4.78, 5) is 15.1. The van der Waals surface area contributed by atoms with Gasteiger partial charge in [0, 0.05) is 43.2 Å². The Morgan fingerprint density at radius 2 is 1.67 bits per heavy atom. The zero-order valence-corrected chi connectivity index (χ0v) is 19.9. The highest BCUT2D eigenvalue weighted by molar-refractivity contribution is 7.89. The summed E-state index contributed by atoms with van der Waals surface area (Å²) in [6, 6.07) is 13.0. The third-order valence-electron chi connectivity index (χ3n) is 6.12. The van der Waals surface area contributed by atoms with Crippen molar-refractivity contribution in [2.45, 2.75) is 31.1 Å². The molecule has 0 aromatic heterocycles. The van der Waals surface area contributed by atoms with Crippen LogP contribution in [0.15, 0.2) is 47.4 Å². The predicted octanol–water partition coefficient (Wildman–Crippen LogP) is 3.06. The fourth-order valence-electron chi connectivity index (χ4n) is 4.19. The van der Waals surface area contributed by atoms with E-state index in [4.69, 9.17) is 4.74 Å². The number of nitrogens with zero attached hydrogens (tertiary/aromatic N) is 2. The summed E-state index contributed by atoms with van der Waals surface area (Å²) in [5, 5.41) is 6.01. The fourth-order valence-corrected chi connectivity index (χ4v) is 5.69. The van der Waals surface area contributed by atoms with Crippen molar-refractivity contribution in [1.82, 2.24) is 4.31 Å². The van der Waals surface area contributed by atoms with E-state index in [9.17, 15) is 13.2 Å². The van der Waals surface area contributed by atoms with Gasteiger partial charge in [0.2, 0.25) is 15.9 Å². The molecule has 4 rings (SSSR count). The topological polar surface area (TPSA) is 91.0 Å². The molecule has 0 aliphatic carbocycles. The minimum Gasteiger partial charge on any atom is -0.379 e. The number of rotatable bonds is 7. The zero-order chi connectivity index (χ0) is 23.3. The van der Waals surface area contributed by atoms with Crippen LogP contribution in [-0.4, -0.2) is 64.6 Å². The SMILES string of the molecule is Cc1cc(S(=O)(=O)N2CCOCC2)ccc1NC(=O)CNc1ccc(N2CCCCC2)cc1. The number of amides is 1. The second-order valence-electron chi connectivity index (χ2n) is 8.49. The molecule has 9 heteroatoms. The molecule has 2 aliphatic heterocycles. The average Bonchev–Trinajstić information content (AvgIpc) is 2.85. The van der Waals surface area contributed by atoms with Crippen molar-refractivity contribution in [2.24, 2.45) is 0 Å². The molecule has 0 bridgehead atoms. The molecule has 2 aromatic carbocycles. The van der Waals surface area contributed by atoms with Gasteiger partial charge in [-0.1, -0.05) is 0 Å². The molecular formula is C24H32N4O4S. The number of hydrogen-bond donors (Lipinski definition) is 2. The Kier molecular flexibility index (Phi) is 7.52. The number of morpholine rings is 1. The van der Waals surface area contributed by atoms with Crippen LogP contribution < -0.4 is 15.5 Å². The lowest BCUT2D eigenvalue weighted by molar-refractivity contribution is -0.114. The molecule has 0 atom stereocenters. The van der Waals surface area contributed by atoms with Gasteiger partial charge in [-0.15, -0.1) is 0 Å². The van der Waals surface area contributed by atoms with Gasteiger partial charge in [0.05, 0.1) is 24.7 Å². The number of nitrogens with one attached hydrogen (secondary N) is 2. The van der Waals surface area contributed by atoms with Gasteiger partial charge in [0.1, 0.15) is 0 Å². The maximum absolute atomic E-state index is 12.8. The summed E-state index contributed by atoms with van der Waals surface area (Å²) in [5.41, 5.74) is 3.40. The van der Waals surface area contributed by atoms with Crippen LogP contribution in [-0.2, 0) is 19.6 Å². The second-order valence-corrected chi connectivity index (χ2v) is 10.4. The maximum atomic E-state index is 12.8. The molecule has 33 heavy (non-hydrogen) atoms. The van der Waals surface area contributed by atoms with E-state index in [1.807, 2.05) is 12.1 Å². The molecule has 2 heterocycles. The number of carbonyl (C=O) groups excluding carboxylic acids is 1. The summed E-state index contributed by atoms with van der Waals surface area (Å²) in [7, 11) is -3.56. The second kappa shape index (κ2) is 10.5. The van der Waals surface area contributed by atoms with Gasteiger partial charge in [-0.25, -0.2) is 8.42 Å². The first kappa shape index (κ1) is 23.5. The molecule has 2 N–H and O–H groups in total. The lowest BCUT2D eigenvalue weighted by atomic mass is 10.1. The van der Waals surface area contributed by atoms with Gasteiger partial charge in [0.15, 0.2) is 0 Å². The van der Waals surface area contributed by atoms with Crippen molar-refractivity contribution in [3.05, 3.63) is 48.0 Å². The Balaban J connectivity index is 1.32. The third kappa shape index (κ3) is 5.85. The van der Waals surface area contributed by atoms with E-state index in [1.165, 1.54) is 29.3 Å². The molecule has 0 spiro atoms. The smallest absolute Gasteiger partial charge is 0.243 e. The number of carbonyl (C=O) groups is 1. The molecule has 2 aromatic rings. The standard InChI is InChI=1S/C24H32N4O4S/c1-19-17-22(33(30,31)28-13-15-32-16-14-28)9-10-23(19)26-24(29)18-25-20-5-7-21(8-6-20)27-11-3-2-4-12-27/h5-10,17,25H,2-4,11-16,18H2,1H3,(H,26,29). The van der Waals surface area contributed by atoms with Crippen LogP contribution in [0.25, 0.3) is 0 Å². The molecule has 2 aliphatic rings. The first-order chi connectivity index (χ1) is 15.9. The Morgan fingerprint density at radius 3 is 2.33 bits per heavy atom. The van der Waals surface area contributed by atoms with Crippen molar-refractivity contribution in [2.75, 3.05) is 61.5 Å². The average molecular weight is 473 g/mol. The molecule has 8 nitrogen and oxygen atoms in total. The highest BCUT2D eigenvalue weighted by atomic mass is 32.2. The van der Waals surface area contributed by atoms with E-state index in [0.717, 1.165) is 18.8 Å². The number of ether oxygens (including phenoxy) is 1. The summed E-state index contributed by atoms with van der Waals surface area (Å²) >= 11 is 0. The first-order valence-corrected chi connectivity index (χ1v) is 12.9. The number of aryl methyl sites for hydroxylation is 1. The molecule has 1 amide bonds. The Hall–Kier alpha value is -2.62. The Bertz CT molecular complexity index is 1060. The number of anilines is 3. The number of sulfonamides is 1. The molecule has 178 valence electrons. The van der Waals surface area contributed by atoms with E-state index in [2.05, 4.69) is 27.7 Å². The van der Waals surface area contributed by atoms with Crippen molar-refractivity contribution in [3.8, 4) is 0 Å². The van der Waals surface area contributed by atoms with E-state index >= 15 is 0 Å². The maximum Gasteiger partial charge on any atom is 0.243 e. The van der Waals surface area contributed by atoms with Crippen molar-refractivity contribution in [1.29, 1.82) is 0 Å². The zero-order valence-electron chi connectivity index (χ0n) is 19.0. The fraction of sp³-hybridized carbons (Fsp3) is 0.458. The van der Waals surface area contributed by atoms with E-state index < -0.39 is 10.0 Å². The molecule has 2 fully saturated rings. The summed E-state index contributed by atoms with van der Waals surface area (Å²) in [6.45, 7) is 5.62. The van der Waals surface area contributed by atoms with Gasteiger partial charge < -0.3 is 20.3 Å². The minimum atomic E-state index is -3.56. The van der Waals surface area contributed by atoms with Crippen molar-refractivity contribution >= 4 is 33.0 Å². The molecular weight excluding hydrogens is 440 g/mol. The van der Waals surface area contributed by atoms with Gasteiger partial charge in [-0.3, -0.25) is 4.79 Å². The summed E-state index contributed by atoms with van der Waals surface area (Å²) in [6.07, 6.45) is 3.77. The summed E-state index contributed by atoms with van der Waals surface area (Å²) < 4.78 is 32.3. The van der Waals surface area contributed by atoms with Crippen LogP contribution in [0, 0.1) is 6.92 Å². The Labute approximate surface area is 196 Å². The first-order valence-electron chi connectivity index (χ1n) is 11.5. The highest BCUT2D eigenvalue weighted by Crippen LogP contribution is 2.24. The highest BCUT2D eigenvalue weighted by Gasteiger charge is 2.26. The summed E-state index contributed by atoms with van der Waals surface area (Å²) in [5.74, 6) is -0.193. The third-order valence-corrected chi connectivity index (χ3v) is 8.02. The van der Waals surface area contributed by atoms with Crippen LogP contribution in [0.4, 0.5) is 17.1 Å². The van der Waals surface area contributed by atoms with Crippen LogP contribution in [0.2, 0.25) is 0 Å². The largest absolute Gasteiger partial charge is 0.379 e. The predicted molar refractivity (Wildman–Crippen MR) is 130 cm³/mol. The quantitative estimate of drug-likeness (QED) is 0.644. The van der Waals surface area contributed by atoms with E-state index in [-0.39, 0.29) is 17.3 Å². The molecule has 0 unspecified atom stereocenters. The number of hydrogen-bond acceptors (Lipinski definition) is 6. The van der Waals surface area contributed by atoms with Crippen LogP contribution in [0.5, 0.6) is 0 Å². The molecule has 0 radical (unpaired) electrons. The van der Waals surface area contributed by atoms with Gasteiger partial charge in [-0.2, -0.15) is 4.31 Å². The van der Waals surface area contributed by atoms with Crippen molar-refractivity contribution in [3.63, 3.8) is 0 Å². The normalized spacial score (nSPS) is 17.5. The van der Waals surface area contributed by atoms with E-state index in [0.29, 0.717) is 37.6 Å². The Morgan fingerprint density at radius 1 is 0.970 bits per heavy atom. The molecule has 2 saturated heterocycles. The van der Waals surface area contributed by atoms with Gasteiger partial charge in [0.25, 0.3) is 0 Å². The minimum absolute atomic E-state index is 0.121. The lowest BCUT2D eigenvalue weighted by Crippen LogP contribution is -2.40. The van der Waals surface area contributed by atoms with E-state index in [1.54, 1.807) is 25.1 Å². The van der Waals surface area contributed by atoms with Gasteiger partial charge in [-0.05, 0) is 74.2 Å². The van der Waals surface area contributed by atoms with Gasteiger partial charge >= 0.3 is 0 Å². The van der Waals surface area contributed by atoms with Crippen LogP contribution in [0.3, 0.4) is 0 Å². The van der Waals surface area contributed by atoms with Crippen molar-refractivity contribution < 1.29 is 17.9 Å². The lowest BCUT2D eigenvalue weighted by Gasteiger charge is -2.28. The number of benzene rings is 2. The number of piperidine rings is 1. The van der Waals surface area contributed by atoms with Crippen LogP contribution in [0.1, 0.15) is 24.8 Å². The van der Waals surface area contributed by atoms with Crippen LogP contribution >= 0.6 is 0 Å². The molecule has 0 saturated carbocycles. The monoisotopic (exact) mass is 472 g/mol.